The molecule has 0 spiro atoms. The molecule has 2 aromatic heterocycles. The molecule has 0 aliphatic heterocycles. The smallest absolute Gasteiger partial charge is 0.164 e. The lowest BCUT2D eigenvalue weighted by Gasteiger charge is -2.15. The molecule has 4 heteroatoms. The SMILES string of the molecule is c1ccc(-c2nc(-c3ccccc3)nc(-c3cccc4c5cc(-c6ccc7c(c6)c6ccccc6n7-c6ccccc6)ccc5c5ccccc5c34)n2)cc1. The first kappa shape index (κ1) is 31.1. The van der Waals surface area contributed by atoms with E-state index in [4.69, 9.17) is 15.0 Å². The van der Waals surface area contributed by atoms with E-state index < -0.39 is 0 Å². The summed E-state index contributed by atoms with van der Waals surface area (Å²) in [6, 6.07) is 68.7. The van der Waals surface area contributed by atoms with Gasteiger partial charge in [-0.3, -0.25) is 0 Å². The number of benzene rings is 9. The third-order valence-electron chi connectivity index (χ3n) is 10.8. The maximum atomic E-state index is 5.15. The molecule has 256 valence electrons. The molecular formula is C51H32N4. The summed E-state index contributed by atoms with van der Waals surface area (Å²) in [5.41, 5.74) is 8.79. The average molecular weight is 701 g/mol. The molecule has 55 heavy (non-hydrogen) atoms. The first-order valence-electron chi connectivity index (χ1n) is 18.6. The van der Waals surface area contributed by atoms with Gasteiger partial charge in [0.15, 0.2) is 17.5 Å². The van der Waals surface area contributed by atoms with Crippen LogP contribution in [0.2, 0.25) is 0 Å². The summed E-state index contributed by atoms with van der Waals surface area (Å²) in [5, 5.41) is 9.56. The molecule has 0 saturated heterocycles. The van der Waals surface area contributed by atoms with Gasteiger partial charge in [0.1, 0.15) is 0 Å². The summed E-state index contributed by atoms with van der Waals surface area (Å²) in [6.45, 7) is 0. The van der Waals surface area contributed by atoms with Gasteiger partial charge >= 0.3 is 0 Å². The van der Waals surface area contributed by atoms with Gasteiger partial charge in [-0.1, -0.05) is 158 Å². The fraction of sp³-hybridized carbons (Fsp3) is 0. The summed E-state index contributed by atoms with van der Waals surface area (Å²) < 4.78 is 2.36. The van der Waals surface area contributed by atoms with Crippen LogP contribution in [0.1, 0.15) is 0 Å². The van der Waals surface area contributed by atoms with Crippen molar-refractivity contribution in [3.8, 4) is 51.0 Å². The standard InChI is InChI=1S/C51H32N4/c1-4-15-33(16-5-1)49-52-50(34-17-6-2-7-18-34)54-51(53-49)43-25-14-24-42-44-31-35(27-29-39(44)38-21-10-11-23-41(38)48(42)43)36-28-30-47-45(32-36)40-22-12-13-26-46(40)55(47)37-19-8-3-9-20-37/h1-32H. The molecule has 0 unspecified atom stereocenters. The minimum Gasteiger partial charge on any atom is -0.309 e. The van der Waals surface area contributed by atoms with Gasteiger partial charge in [-0.15, -0.1) is 0 Å². The number of aromatic nitrogens is 4. The van der Waals surface area contributed by atoms with E-state index in [-0.39, 0.29) is 0 Å². The van der Waals surface area contributed by atoms with Gasteiger partial charge in [0.05, 0.1) is 11.0 Å². The normalized spacial score (nSPS) is 11.6. The van der Waals surface area contributed by atoms with E-state index in [2.05, 4.69) is 162 Å². The van der Waals surface area contributed by atoms with Crippen LogP contribution in [0, 0.1) is 0 Å². The Balaban J connectivity index is 1.15. The van der Waals surface area contributed by atoms with Crippen molar-refractivity contribution in [2.75, 3.05) is 0 Å². The van der Waals surface area contributed by atoms with Crippen molar-refractivity contribution in [1.29, 1.82) is 0 Å². The predicted octanol–water partition coefficient (Wildman–Crippen LogP) is 13.1. The van der Waals surface area contributed by atoms with Crippen LogP contribution in [-0.4, -0.2) is 19.5 Å². The topological polar surface area (TPSA) is 43.6 Å². The molecule has 2 heterocycles. The fourth-order valence-electron chi connectivity index (χ4n) is 8.31. The minimum atomic E-state index is 0.651. The second-order valence-corrected chi connectivity index (χ2v) is 14.0. The van der Waals surface area contributed by atoms with Crippen molar-refractivity contribution >= 4 is 54.1 Å². The summed E-state index contributed by atoms with van der Waals surface area (Å²) in [5.74, 6) is 1.95. The minimum absolute atomic E-state index is 0.651. The highest BCUT2D eigenvalue weighted by Gasteiger charge is 2.19. The predicted molar refractivity (Wildman–Crippen MR) is 228 cm³/mol. The van der Waals surface area contributed by atoms with Gasteiger partial charge in [0.2, 0.25) is 0 Å². The van der Waals surface area contributed by atoms with E-state index in [1.807, 2.05) is 36.4 Å². The molecule has 11 aromatic rings. The number of fused-ring (bicyclic) bond motifs is 9. The average Bonchev–Trinajstić information content (AvgIpc) is 3.60. The highest BCUT2D eigenvalue weighted by molar-refractivity contribution is 6.28. The van der Waals surface area contributed by atoms with Crippen molar-refractivity contribution in [2.45, 2.75) is 0 Å². The molecule has 0 radical (unpaired) electrons. The maximum Gasteiger partial charge on any atom is 0.164 e. The molecule has 0 N–H and O–H groups in total. The van der Waals surface area contributed by atoms with Gasteiger partial charge in [-0.25, -0.2) is 15.0 Å². The molecule has 0 fully saturated rings. The Labute approximate surface area is 317 Å². The number of hydrogen-bond acceptors (Lipinski definition) is 3. The van der Waals surface area contributed by atoms with Gasteiger partial charge < -0.3 is 4.57 Å². The van der Waals surface area contributed by atoms with Crippen LogP contribution in [0.15, 0.2) is 194 Å². The zero-order chi connectivity index (χ0) is 36.3. The molecule has 4 nitrogen and oxygen atoms in total. The van der Waals surface area contributed by atoms with Gasteiger partial charge in [0, 0.05) is 38.5 Å². The molecule has 0 aliphatic carbocycles. The van der Waals surface area contributed by atoms with Crippen molar-refractivity contribution in [1.82, 2.24) is 19.5 Å². The van der Waals surface area contributed by atoms with E-state index in [9.17, 15) is 0 Å². The van der Waals surface area contributed by atoms with Crippen LogP contribution in [-0.2, 0) is 0 Å². The maximum absolute atomic E-state index is 5.15. The van der Waals surface area contributed by atoms with Crippen molar-refractivity contribution < 1.29 is 0 Å². The Morgan fingerprint density at radius 1 is 0.291 bits per heavy atom. The first-order valence-corrected chi connectivity index (χ1v) is 18.6. The van der Waals surface area contributed by atoms with E-state index >= 15 is 0 Å². The summed E-state index contributed by atoms with van der Waals surface area (Å²) in [7, 11) is 0. The van der Waals surface area contributed by atoms with Gasteiger partial charge in [0.25, 0.3) is 0 Å². The lowest BCUT2D eigenvalue weighted by molar-refractivity contribution is 1.08. The highest BCUT2D eigenvalue weighted by atomic mass is 15.0. The number of hydrogen-bond donors (Lipinski definition) is 0. The van der Waals surface area contributed by atoms with Crippen LogP contribution in [0.3, 0.4) is 0 Å². The number of nitrogens with zero attached hydrogens (tertiary/aromatic N) is 4. The first-order chi connectivity index (χ1) is 27.3. The monoisotopic (exact) mass is 700 g/mol. The van der Waals surface area contributed by atoms with E-state index in [0.29, 0.717) is 17.5 Å². The third-order valence-corrected chi connectivity index (χ3v) is 10.8. The van der Waals surface area contributed by atoms with Crippen LogP contribution >= 0.6 is 0 Å². The second kappa shape index (κ2) is 12.6. The summed E-state index contributed by atoms with van der Waals surface area (Å²) >= 11 is 0. The number of para-hydroxylation sites is 2. The molecule has 0 atom stereocenters. The lowest BCUT2D eigenvalue weighted by Crippen LogP contribution is -2.00. The molecular weight excluding hydrogens is 669 g/mol. The van der Waals surface area contributed by atoms with E-state index in [0.717, 1.165) is 33.2 Å². The van der Waals surface area contributed by atoms with Gasteiger partial charge in [-0.05, 0) is 74.5 Å². The molecule has 0 aliphatic rings. The van der Waals surface area contributed by atoms with Crippen LogP contribution in [0.5, 0.6) is 0 Å². The zero-order valence-electron chi connectivity index (χ0n) is 29.8. The van der Waals surface area contributed by atoms with Crippen LogP contribution < -0.4 is 0 Å². The van der Waals surface area contributed by atoms with Crippen molar-refractivity contribution in [2.24, 2.45) is 0 Å². The number of rotatable bonds is 5. The van der Waals surface area contributed by atoms with Crippen LogP contribution in [0.25, 0.3) is 105 Å². The summed E-state index contributed by atoms with van der Waals surface area (Å²) in [6.07, 6.45) is 0. The fourth-order valence-corrected chi connectivity index (χ4v) is 8.31. The highest BCUT2D eigenvalue weighted by Crippen LogP contribution is 2.42. The lowest BCUT2D eigenvalue weighted by atomic mass is 9.89. The van der Waals surface area contributed by atoms with Crippen molar-refractivity contribution in [3.05, 3.63) is 194 Å². The van der Waals surface area contributed by atoms with Crippen molar-refractivity contribution in [3.63, 3.8) is 0 Å². The Morgan fingerprint density at radius 2 is 0.782 bits per heavy atom. The van der Waals surface area contributed by atoms with Gasteiger partial charge in [-0.2, -0.15) is 0 Å². The van der Waals surface area contributed by atoms with E-state index in [1.165, 1.54) is 54.5 Å². The largest absolute Gasteiger partial charge is 0.309 e. The van der Waals surface area contributed by atoms with Crippen LogP contribution in [0.4, 0.5) is 0 Å². The molecule has 11 rings (SSSR count). The molecule has 9 aromatic carbocycles. The summed E-state index contributed by atoms with van der Waals surface area (Å²) in [4.78, 5) is 15.3. The third kappa shape index (κ3) is 5.11. The van der Waals surface area contributed by atoms with E-state index in [1.54, 1.807) is 0 Å². The quantitative estimate of drug-likeness (QED) is 0.168. The molecule has 0 saturated carbocycles. The molecule has 0 amide bonds. The Kier molecular flexibility index (Phi) is 7.14. The Morgan fingerprint density at radius 3 is 1.49 bits per heavy atom. The second-order valence-electron chi connectivity index (χ2n) is 14.0. The zero-order valence-corrected chi connectivity index (χ0v) is 29.8. The molecule has 0 bridgehead atoms. The Bertz CT molecular complexity index is 3180. The Hall–Kier alpha value is -7.43.